The first-order valence-corrected chi connectivity index (χ1v) is 15.6. The van der Waals surface area contributed by atoms with Crippen molar-refractivity contribution < 1.29 is 19.1 Å². The Labute approximate surface area is 258 Å². The molecule has 0 aromatic heterocycles. The molecule has 2 unspecified atom stereocenters. The van der Waals surface area contributed by atoms with Gasteiger partial charge < -0.3 is 19.4 Å². The number of carbonyl (C=O) groups is 3. The molecule has 7 nitrogen and oxygen atoms in total. The summed E-state index contributed by atoms with van der Waals surface area (Å²) in [6.07, 6.45) is 14.5. The van der Waals surface area contributed by atoms with Crippen molar-refractivity contribution in [1.82, 2.24) is 14.7 Å². The Morgan fingerprint density at radius 1 is 0.846 bits per heavy atom. The number of unbranched alkanes of at least 4 members (excludes halogenated alkanes) is 6. The summed E-state index contributed by atoms with van der Waals surface area (Å²) in [5.41, 5.74) is 1.89. The van der Waals surface area contributed by atoms with Crippen LogP contribution in [0.3, 0.4) is 0 Å². The Balaban J connectivity index is 0.000000269. The molecular formula is C30H51N3O4SSn. The molecule has 3 aliphatic heterocycles. The number of Topliss-reactive ketones (excluding diaryl/α,β-unsaturated/α-hetero) is 1. The van der Waals surface area contributed by atoms with Gasteiger partial charge in [-0.2, -0.15) is 12.6 Å². The van der Waals surface area contributed by atoms with Crippen molar-refractivity contribution in [3.8, 4) is 0 Å². The molecule has 4 aliphatic rings. The van der Waals surface area contributed by atoms with Crippen LogP contribution in [-0.4, -0.2) is 107 Å². The average molecular weight is 669 g/mol. The molecule has 2 atom stereocenters. The molecule has 0 aromatic rings. The normalized spacial score (nSPS) is 19.1. The van der Waals surface area contributed by atoms with E-state index < -0.39 is 0 Å². The van der Waals surface area contributed by atoms with Crippen molar-refractivity contribution in [1.29, 1.82) is 0 Å². The fourth-order valence-corrected chi connectivity index (χ4v) is 5.19. The van der Waals surface area contributed by atoms with Gasteiger partial charge in [0.25, 0.3) is 0 Å². The minimum atomic E-state index is -0.244. The van der Waals surface area contributed by atoms with E-state index in [0.717, 1.165) is 58.5 Å². The second-order valence-corrected chi connectivity index (χ2v) is 11.6. The summed E-state index contributed by atoms with van der Waals surface area (Å²) in [4.78, 5) is 42.4. The molecule has 0 N–H and O–H groups in total. The average Bonchev–Trinajstić information content (AvgIpc) is 3.76. The summed E-state index contributed by atoms with van der Waals surface area (Å²) in [6.45, 7) is 12.6. The minimum absolute atomic E-state index is 0. The van der Waals surface area contributed by atoms with Gasteiger partial charge in [-0.3, -0.25) is 14.4 Å². The first-order valence-electron chi connectivity index (χ1n) is 15.1. The Kier molecular flexibility index (Phi) is 15.4. The Bertz CT molecular complexity index is 881. The zero-order valence-electron chi connectivity index (χ0n) is 24.6. The predicted octanol–water partition coefficient (Wildman–Crippen LogP) is 4.06. The molecule has 9 heteroatoms. The summed E-state index contributed by atoms with van der Waals surface area (Å²) in [5.74, 6) is 0.531. The van der Waals surface area contributed by atoms with Gasteiger partial charge in [0, 0.05) is 45.3 Å². The number of hydrogen-bond acceptors (Lipinski definition) is 8. The number of carbonyl (C=O) groups excluding carboxylic acids is 3. The second-order valence-electron chi connectivity index (χ2n) is 11.0. The van der Waals surface area contributed by atoms with Crippen molar-refractivity contribution in [2.24, 2.45) is 5.92 Å². The summed E-state index contributed by atoms with van der Waals surface area (Å²) >= 11 is 4.44. The van der Waals surface area contributed by atoms with Crippen LogP contribution in [0.2, 0.25) is 0 Å². The van der Waals surface area contributed by atoms with E-state index in [-0.39, 0.29) is 46.7 Å². The number of allylic oxidation sites excluding steroid dienone is 1. The Morgan fingerprint density at radius 2 is 1.41 bits per heavy atom. The van der Waals surface area contributed by atoms with E-state index in [4.69, 9.17) is 4.74 Å². The van der Waals surface area contributed by atoms with Gasteiger partial charge in [0.2, 0.25) is 11.6 Å². The Morgan fingerprint density at radius 3 is 1.97 bits per heavy atom. The van der Waals surface area contributed by atoms with Crippen molar-refractivity contribution in [2.45, 2.75) is 96.7 Å². The third kappa shape index (κ3) is 11.3. The molecule has 1 aliphatic carbocycles. The van der Waals surface area contributed by atoms with E-state index in [9.17, 15) is 14.4 Å². The molecule has 0 saturated carbocycles. The molecule has 0 spiro atoms. The van der Waals surface area contributed by atoms with Crippen LogP contribution in [0.25, 0.3) is 0 Å². The van der Waals surface area contributed by atoms with Crippen molar-refractivity contribution in [3.63, 3.8) is 0 Å². The summed E-state index contributed by atoms with van der Waals surface area (Å²) in [6, 6.07) is 0. The zero-order valence-corrected chi connectivity index (χ0v) is 29.5. The monoisotopic (exact) mass is 669 g/mol. The van der Waals surface area contributed by atoms with E-state index >= 15 is 0 Å². The van der Waals surface area contributed by atoms with Gasteiger partial charge in [-0.15, -0.1) is 0 Å². The SMILES string of the molecule is CCCCCCCCOC(=O)C(S)CC(CC)CCCC.O=C1C=C(N2CC2)C(=O)C(N2CC2)=C1N1CC1.[SnH2]. The second kappa shape index (κ2) is 17.6. The predicted molar refractivity (Wildman–Crippen MR) is 163 cm³/mol. The number of thiol groups is 1. The van der Waals surface area contributed by atoms with Gasteiger partial charge in [-0.25, -0.2) is 0 Å². The van der Waals surface area contributed by atoms with E-state index in [0.29, 0.717) is 29.6 Å². The van der Waals surface area contributed by atoms with Crippen molar-refractivity contribution in [2.75, 3.05) is 45.9 Å². The van der Waals surface area contributed by atoms with Crippen molar-refractivity contribution >= 4 is 54.1 Å². The topological polar surface area (TPSA) is 69.5 Å². The van der Waals surface area contributed by atoms with Crippen LogP contribution in [0.5, 0.6) is 0 Å². The third-order valence-electron chi connectivity index (χ3n) is 7.60. The van der Waals surface area contributed by atoms with E-state index in [2.05, 4.69) is 33.4 Å². The molecule has 3 saturated heterocycles. The van der Waals surface area contributed by atoms with Crippen LogP contribution in [0.15, 0.2) is 23.2 Å². The third-order valence-corrected chi connectivity index (χ3v) is 8.02. The number of hydrogen-bond donors (Lipinski definition) is 1. The van der Waals surface area contributed by atoms with Crippen LogP contribution in [-0.2, 0) is 19.1 Å². The number of nitrogens with zero attached hydrogens (tertiary/aromatic N) is 3. The maximum absolute atomic E-state index is 12.4. The van der Waals surface area contributed by atoms with Gasteiger partial charge >= 0.3 is 29.9 Å². The standard InChI is InChI=1S/C18H36O2S.C12H13N3O2.Sn.2H/c1-4-7-9-10-11-12-14-20-18(19)17(21)15-16(6-3)13-8-5-2;16-9-7-8(13-1-2-13)12(17)11(15-5-6-15)10(9)14-3-4-14;;;/h16-17,21H,4-15H2,1-3H3;7H,1-6H2;;;. The fraction of sp³-hybridized carbons (Fsp3) is 0.767. The van der Waals surface area contributed by atoms with Crippen LogP contribution < -0.4 is 0 Å². The number of rotatable bonds is 17. The Hall–Kier alpha value is -1.16. The van der Waals surface area contributed by atoms with Gasteiger partial charge in [0.1, 0.15) is 11.4 Å². The zero-order chi connectivity index (χ0) is 27.5. The van der Waals surface area contributed by atoms with Crippen LogP contribution in [0.4, 0.5) is 0 Å². The molecule has 2 radical (unpaired) electrons. The van der Waals surface area contributed by atoms with Crippen molar-refractivity contribution in [3.05, 3.63) is 23.2 Å². The molecule has 39 heavy (non-hydrogen) atoms. The number of esters is 1. The van der Waals surface area contributed by atoms with E-state index in [1.54, 1.807) is 0 Å². The van der Waals surface area contributed by atoms with Gasteiger partial charge in [-0.05, 0) is 18.8 Å². The number of ether oxygens (including phenoxy) is 1. The number of ketones is 2. The first kappa shape index (κ1) is 34.0. The van der Waals surface area contributed by atoms with Crippen LogP contribution in [0.1, 0.15) is 91.4 Å². The van der Waals surface area contributed by atoms with Gasteiger partial charge in [0.05, 0.1) is 17.6 Å². The van der Waals surface area contributed by atoms with Gasteiger partial charge in [0.15, 0.2) is 0 Å². The van der Waals surface area contributed by atoms with Gasteiger partial charge in [-0.1, -0.05) is 78.6 Å². The summed E-state index contributed by atoms with van der Waals surface area (Å²) in [7, 11) is 0. The summed E-state index contributed by atoms with van der Waals surface area (Å²) < 4.78 is 5.34. The molecule has 4 rings (SSSR count). The molecule has 3 heterocycles. The molecule has 0 bridgehead atoms. The summed E-state index contributed by atoms with van der Waals surface area (Å²) in [5, 5.41) is -0.244. The fourth-order valence-electron chi connectivity index (χ4n) is 4.82. The molecule has 0 amide bonds. The molecule has 0 aromatic carbocycles. The van der Waals surface area contributed by atoms with E-state index in [1.807, 2.05) is 14.7 Å². The molecule has 3 fully saturated rings. The maximum atomic E-state index is 12.4. The molecular weight excluding hydrogens is 617 g/mol. The molecule has 220 valence electrons. The van der Waals surface area contributed by atoms with Crippen LogP contribution in [0, 0.1) is 5.92 Å². The quantitative estimate of drug-likeness (QED) is 0.0627. The first-order chi connectivity index (χ1) is 18.4. The van der Waals surface area contributed by atoms with E-state index in [1.165, 1.54) is 57.4 Å². The van der Waals surface area contributed by atoms with Crippen LogP contribution >= 0.6 is 12.6 Å².